The summed E-state index contributed by atoms with van der Waals surface area (Å²) in [6, 6.07) is 24.2. The number of nitrogens with one attached hydrogen (secondary N) is 4. The highest BCUT2D eigenvalue weighted by molar-refractivity contribution is 14.0. The molecule has 0 atom stereocenters. The zero-order chi connectivity index (χ0) is 47.9. The molecular weight excluding hydrogens is 1050 g/mol. The number of aromatic nitrogens is 2. The lowest BCUT2D eigenvalue weighted by atomic mass is 10.2. The molecule has 14 nitrogen and oxygen atoms in total. The number of alkyl halides is 6. The third kappa shape index (κ3) is 18.2. The Balaban J connectivity index is 0.000000378. The smallest absolute Gasteiger partial charge is 0.417 e. The molecule has 0 saturated heterocycles. The van der Waals surface area contributed by atoms with Gasteiger partial charge in [-0.25, -0.2) is 9.59 Å². The van der Waals surface area contributed by atoms with Crippen LogP contribution in [0.5, 0.6) is 23.0 Å². The normalized spacial score (nSPS) is 10.4. The molecule has 0 spiro atoms. The summed E-state index contributed by atoms with van der Waals surface area (Å²) in [4.78, 5) is 54.0. The molecule has 6 rings (SSSR count). The topological polar surface area (TPSA) is 213 Å². The molecule has 0 bridgehead atoms. The maximum atomic E-state index is 12.9. The number of halogens is 9. The molecule has 8 N–H and O–H groups in total. The van der Waals surface area contributed by atoms with Crippen molar-refractivity contribution in [2.24, 2.45) is 5.73 Å². The fourth-order valence-corrected chi connectivity index (χ4v) is 5.49. The summed E-state index contributed by atoms with van der Waals surface area (Å²) in [5.74, 6) is 1.52. The Kier molecular flexibility index (Phi) is 21.6. The second-order valence-corrected chi connectivity index (χ2v) is 13.7. The molecule has 5 amide bonds. The SMILES string of the molecule is C.CCC(=O)c1cc(Oc2ccc(NC(=O)Nc3ccc(Cl)c(C(F)(F)F)c3)cc2)ccn1.CNC(=O)c1cc(Oc2ccc(NC(N)=O)cc2)ccn1.I.Nc1ccc(Cl)c(C(F)(F)F)c1. The van der Waals surface area contributed by atoms with Crippen LogP contribution in [0.3, 0.4) is 0 Å². The Morgan fingerprint density at radius 2 is 1.04 bits per heavy atom. The number of hydrogen-bond donors (Lipinski definition) is 6. The van der Waals surface area contributed by atoms with Gasteiger partial charge in [0.2, 0.25) is 0 Å². The molecule has 0 unspecified atom stereocenters. The molecular formula is C44H41Cl2F6IN8O6. The van der Waals surface area contributed by atoms with Gasteiger partial charge < -0.3 is 42.2 Å². The molecule has 23 heteroatoms. The van der Waals surface area contributed by atoms with Gasteiger partial charge >= 0.3 is 24.4 Å². The number of carbonyl (C=O) groups is 4. The highest BCUT2D eigenvalue weighted by Gasteiger charge is 2.34. The van der Waals surface area contributed by atoms with E-state index in [1.807, 2.05) is 0 Å². The lowest BCUT2D eigenvalue weighted by Gasteiger charge is -2.12. The summed E-state index contributed by atoms with van der Waals surface area (Å²) in [6.45, 7) is 1.74. The lowest BCUT2D eigenvalue weighted by Crippen LogP contribution is -2.19. The number of nitrogen functional groups attached to an aromatic ring is 1. The van der Waals surface area contributed by atoms with Crippen molar-refractivity contribution in [2.45, 2.75) is 33.1 Å². The average molecular weight is 1090 g/mol. The van der Waals surface area contributed by atoms with Gasteiger partial charge in [0.05, 0.1) is 21.2 Å². The number of ketones is 1. The molecule has 0 saturated carbocycles. The van der Waals surface area contributed by atoms with Crippen molar-refractivity contribution in [1.29, 1.82) is 0 Å². The number of Topliss-reactive ketones (excluding diaryl/α,β-unsaturated/α-hetero) is 1. The van der Waals surface area contributed by atoms with Crippen LogP contribution in [0, 0.1) is 0 Å². The first-order valence-corrected chi connectivity index (χ1v) is 19.3. The zero-order valence-corrected chi connectivity index (χ0v) is 38.0. The molecule has 4 aromatic carbocycles. The van der Waals surface area contributed by atoms with E-state index in [9.17, 15) is 45.5 Å². The van der Waals surface area contributed by atoms with Crippen molar-refractivity contribution in [3.63, 3.8) is 0 Å². The van der Waals surface area contributed by atoms with Gasteiger partial charge in [-0.2, -0.15) is 26.3 Å². The highest BCUT2D eigenvalue weighted by Crippen LogP contribution is 2.37. The number of anilines is 4. The van der Waals surface area contributed by atoms with Crippen LogP contribution in [0.4, 0.5) is 58.7 Å². The fourth-order valence-electron chi connectivity index (χ4n) is 5.04. The van der Waals surface area contributed by atoms with Gasteiger partial charge in [-0.05, 0) is 97.1 Å². The summed E-state index contributed by atoms with van der Waals surface area (Å²) >= 11 is 10.9. The van der Waals surface area contributed by atoms with Crippen LogP contribution < -0.4 is 42.2 Å². The zero-order valence-electron chi connectivity index (χ0n) is 34.2. The van der Waals surface area contributed by atoms with E-state index in [1.165, 1.54) is 43.7 Å². The monoisotopic (exact) mass is 1090 g/mol. The number of benzene rings is 4. The number of urea groups is 2. The second-order valence-electron chi connectivity index (χ2n) is 12.9. The van der Waals surface area contributed by atoms with E-state index in [-0.39, 0.29) is 65.2 Å². The number of amides is 5. The van der Waals surface area contributed by atoms with Crippen molar-refractivity contribution in [3.05, 3.63) is 154 Å². The highest BCUT2D eigenvalue weighted by atomic mass is 127. The summed E-state index contributed by atoms with van der Waals surface area (Å²) in [7, 11) is 1.53. The van der Waals surface area contributed by atoms with Crippen LogP contribution in [0.1, 0.15) is 52.9 Å². The van der Waals surface area contributed by atoms with Gasteiger partial charge in [0.25, 0.3) is 5.91 Å². The Morgan fingerprint density at radius 1 is 0.612 bits per heavy atom. The summed E-state index contributed by atoms with van der Waals surface area (Å²) in [5.41, 5.74) is 9.75. The van der Waals surface area contributed by atoms with E-state index in [4.69, 9.17) is 44.1 Å². The number of nitrogens with zero attached hydrogens (tertiary/aromatic N) is 2. The van der Waals surface area contributed by atoms with E-state index in [0.29, 0.717) is 46.5 Å². The van der Waals surface area contributed by atoms with E-state index >= 15 is 0 Å². The molecule has 356 valence electrons. The van der Waals surface area contributed by atoms with Crippen molar-refractivity contribution < 1.29 is 55.0 Å². The van der Waals surface area contributed by atoms with Gasteiger partial charge in [-0.3, -0.25) is 19.6 Å². The number of hydrogen-bond acceptors (Lipinski definition) is 9. The van der Waals surface area contributed by atoms with E-state index in [2.05, 4.69) is 31.2 Å². The molecule has 0 aliphatic carbocycles. The van der Waals surface area contributed by atoms with E-state index in [1.54, 1.807) is 67.6 Å². The van der Waals surface area contributed by atoms with Crippen LogP contribution in [0.2, 0.25) is 10.0 Å². The number of rotatable bonds is 10. The summed E-state index contributed by atoms with van der Waals surface area (Å²) < 4.78 is 86.4. The first-order chi connectivity index (χ1) is 30.6. The second kappa shape index (κ2) is 25.7. The molecule has 0 aliphatic rings. The average Bonchev–Trinajstić information content (AvgIpc) is 3.25. The number of pyridine rings is 2. The Labute approximate surface area is 406 Å². The molecule has 0 aliphatic heterocycles. The van der Waals surface area contributed by atoms with Crippen LogP contribution in [0.15, 0.2) is 122 Å². The summed E-state index contributed by atoms with van der Waals surface area (Å²) in [5, 5.41) is 8.98. The molecule has 0 fully saturated rings. The van der Waals surface area contributed by atoms with Gasteiger partial charge in [-0.1, -0.05) is 37.6 Å². The van der Waals surface area contributed by atoms with Crippen molar-refractivity contribution in [3.8, 4) is 23.0 Å². The predicted molar refractivity (Wildman–Crippen MR) is 255 cm³/mol. The number of ether oxygens (including phenoxy) is 2. The minimum absolute atomic E-state index is 0. The third-order valence-corrected chi connectivity index (χ3v) is 8.72. The largest absolute Gasteiger partial charge is 0.457 e. The number of primary amides is 1. The first-order valence-electron chi connectivity index (χ1n) is 18.5. The van der Waals surface area contributed by atoms with Gasteiger partial charge in [0, 0.05) is 60.7 Å². The quantitative estimate of drug-likeness (QED) is 0.0333. The van der Waals surface area contributed by atoms with Gasteiger partial charge in [-0.15, -0.1) is 24.0 Å². The Hall–Kier alpha value is -6.85. The molecule has 2 aromatic heterocycles. The standard InChI is InChI=1S/C22H17ClF3N3O3.C14H14N4O3.C7H5ClF3N.CH4.HI/c1-2-20(30)19-12-16(9-10-27-19)32-15-6-3-13(4-7-15)28-21(31)29-14-5-8-18(23)17(11-14)22(24,25)26;1-16-13(19)12-8-11(6-7-17-12)21-10-4-2-9(3-5-10)18-14(15)20;8-6-2-1-4(12)3-5(6)7(9,10)11;;/h3-12H,2H2,1H3,(H2,28,29,31);2-8H,1H3,(H,16,19)(H3,15,18,20);1-3H,12H2;1H4;1H. The van der Waals surface area contributed by atoms with E-state index < -0.39 is 40.6 Å². The van der Waals surface area contributed by atoms with Crippen molar-refractivity contribution in [2.75, 3.05) is 28.7 Å². The van der Waals surface area contributed by atoms with Gasteiger partial charge in [0.15, 0.2) is 5.78 Å². The van der Waals surface area contributed by atoms with Gasteiger partial charge in [0.1, 0.15) is 34.4 Å². The fraction of sp³-hybridized carbons (Fsp3) is 0.136. The van der Waals surface area contributed by atoms with E-state index in [0.717, 1.165) is 24.3 Å². The van der Waals surface area contributed by atoms with Crippen LogP contribution in [-0.4, -0.2) is 40.8 Å². The van der Waals surface area contributed by atoms with Crippen molar-refractivity contribution >= 4 is 93.7 Å². The third-order valence-electron chi connectivity index (χ3n) is 8.06. The Morgan fingerprint density at radius 3 is 1.51 bits per heavy atom. The minimum atomic E-state index is -4.64. The predicted octanol–water partition coefficient (Wildman–Crippen LogP) is 12.7. The maximum absolute atomic E-state index is 12.9. The molecule has 6 aromatic rings. The van der Waals surface area contributed by atoms with Crippen molar-refractivity contribution in [1.82, 2.24) is 15.3 Å². The van der Waals surface area contributed by atoms with Crippen LogP contribution in [0.25, 0.3) is 0 Å². The lowest BCUT2D eigenvalue weighted by molar-refractivity contribution is -0.138. The maximum Gasteiger partial charge on any atom is 0.417 e. The van der Waals surface area contributed by atoms with Crippen LogP contribution >= 0.6 is 47.2 Å². The molecule has 2 heterocycles. The first kappa shape index (κ1) is 56.3. The van der Waals surface area contributed by atoms with Crippen LogP contribution in [-0.2, 0) is 12.4 Å². The molecule has 67 heavy (non-hydrogen) atoms. The number of carbonyl (C=O) groups excluding carboxylic acids is 4. The summed E-state index contributed by atoms with van der Waals surface area (Å²) in [6.07, 6.45) is -5.79. The number of nitrogens with two attached hydrogens (primary N) is 2. The minimum Gasteiger partial charge on any atom is -0.457 e. The Bertz CT molecular complexity index is 2630. The molecule has 0 radical (unpaired) electrons.